The van der Waals surface area contributed by atoms with Crippen LogP contribution in [0.4, 0.5) is 15.8 Å². The highest BCUT2D eigenvalue weighted by atomic mass is 79.9. The molecule has 3 nitrogen and oxygen atoms in total. The normalized spacial score (nSPS) is 10.4. The van der Waals surface area contributed by atoms with E-state index in [9.17, 15) is 9.18 Å². The highest BCUT2D eigenvalue weighted by Crippen LogP contribution is 2.32. The van der Waals surface area contributed by atoms with Crippen LogP contribution in [-0.2, 0) is 0 Å². The number of nitrogen functional groups attached to an aromatic ring is 1. The molecular weight excluding hydrogens is 343 g/mol. The highest BCUT2D eigenvalue weighted by Gasteiger charge is 2.15. The third-order valence-corrected chi connectivity index (χ3v) is 4.00. The minimum Gasteiger partial charge on any atom is -0.397 e. The number of amides is 1. The molecule has 1 heterocycles. The van der Waals surface area contributed by atoms with E-state index in [1.165, 1.54) is 17.4 Å². The van der Waals surface area contributed by atoms with Crippen molar-refractivity contribution in [1.82, 2.24) is 0 Å². The average molecular weight is 350 g/mol. The van der Waals surface area contributed by atoms with E-state index in [0.29, 0.717) is 20.7 Å². The molecule has 0 unspecified atom stereocenters. The molecule has 0 aliphatic heterocycles. The number of anilines is 2. The van der Waals surface area contributed by atoms with Gasteiger partial charge < -0.3 is 11.1 Å². The molecule has 0 radical (unpaired) electrons. The predicted octanol–water partition coefficient (Wildman–Crippen LogP) is 4.14. The Morgan fingerprint density at radius 1 is 1.50 bits per heavy atom. The van der Waals surface area contributed by atoms with Crippen molar-refractivity contribution in [1.29, 1.82) is 0 Å². The molecule has 0 saturated carbocycles. The van der Waals surface area contributed by atoms with Gasteiger partial charge in [-0.15, -0.1) is 11.3 Å². The van der Waals surface area contributed by atoms with E-state index in [4.69, 9.17) is 17.3 Å². The van der Waals surface area contributed by atoms with Gasteiger partial charge in [0.15, 0.2) is 0 Å². The maximum atomic E-state index is 13.0. The number of thiophene rings is 1. The highest BCUT2D eigenvalue weighted by molar-refractivity contribution is 9.10. The SMILES string of the molecule is Nc1ccsc1C(=O)Nc1c(Cl)cc(F)cc1Br. The molecule has 0 bridgehead atoms. The molecule has 1 aromatic carbocycles. The Balaban J connectivity index is 2.31. The summed E-state index contributed by atoms with van der Waals surface area (Å²) in [5.74, 6) is -0.864. The first kappa shape index (κ1) is 13.3. The van der Waals surface area contributed by atoms with E-state index in [1.807, 2.05) is 0 Å². The molecule has 1 amide bonds. The van der Waals surface area contributed by atoms with Gasteiger partial charge in [0.1, 0.15) is 10.7 Å². The van der Waals surface area contributed by atoms with Crippen molar-refractivity contribution >= 4 is 56.1 Å². The summed E-state index contributed by atoms with van der Waals surface area (Å²) in [4.78, 5) is 12.3. The van der Waals surface area contributed by atoms with Crippen molar-refractivity contribution in [2.75, 3.05) is 11.1 Å². The Kier molecular flexibility index (Phi) is 3.89. The molecule has 2 rings (SSSR count). The summed E-state index contributed by atoms with van der Waals surface area (Å²) in [6, 6.07) is 3.99. The zero-order valence-corrected chi connectivity index (χ0v) is 12.0. The Labute approximate surface area is 120 Å². The van der Waals surface area contributed by atoms with E-state index in [0.717, 1.165) is 6.07 Å². The van der Waals surface area contributed by atoms with Crippen molar-refractivity contribution in [3.63, 3.8) is 0 Å². The lowest BCUT2D eigenvalue weighted by Gasteiger charge is -2.09. The molecule has 0 atom stereocenters. The van der Waals surface area contributed by atoms with Gasteiger partial charge in [-0.3, -0.25) is 4.79 Å². The first-order valence-corrected chi connectivity index (χ1v) is 6.83. The molecule has 2 aromatic rings. The number of hydrogen-bond acceptors (Lipinski definition) is 3. The van der Waals surface area contributed by atoms with Crippen molar-refractivity contribution in [3.05, 3.63) is 43.8 Å². The lowest BCUT2D eigenvalue weighted by atomic mass is 10.3. The van der Waals surface area contributed by atoms with Crippen LogP contribution in [-0.4, -0.2) is 5.91 Å². The molecule has 1 aromatic heterocycles. The topological polar surface area (TPSA) is 55.1 Å². The van der Waals surface area contributed by atoms with Gasteiger partial charge >= 0.3 is 0 Å². The van der Waals surface area contributed by atoms with Gasteiger partial charge in [0, 0.05) is 4.47 Å². The van der Waals surface area contributed by atoms with Crippen LogP contribution in [0.15, 0.2) is 28.1 Å². The second-order valence-corrected chi connectivity index (χ2v) is 5.58. The van der Waals surface area contributed by atoms with E-state index in [1.54, 1.807) is 11.4 Å². The van der Waals surface area contributed by atoms with Crippen molar-refractivity contribution in [2.45, 2.75) is 0 Å². The summed E-state index contributed by atoms with van der Waals surface area (Å²) in [6.45, 7) is 0. The van der Waals surface area contributed by atoms with Crippen LogP contribution in [0.3, 0.4) is 0 Å². The first-order valence-electron chi connectivity index (χ1n) is 4.78. The Hall–Kier alpha value is -1.11. The number of rotatable bonds is 2. The number of nitrogens with one attached hydrogen (secondary N) is 1. The summed E-state index contributed by atoms with van der Waals surface area (Å²) >= 11 is 10.2. The monoisotopic (exact) mass is 348 g/mol. The molecule has 0 saturated heterocycles. The van der Waals surface area contributed by atoms with Crippen molar-refractivity contribution in [3.8, 4) is 0 Å². The van der Waals surface area contributed by atoms with Crippen molar-refractivity contribution in [2.24, 2.45) is 0 Å². The lowest BCUT2D eigenvalue weighted by Crippen LogP contribution is -2.12. The molecule has 94 valence electrons. The van der Waals surface area contributed by atoms with Crippen LogP contribution in [0.2, 0.25) is 5.02 Å². The molecule has 0 fully saturated rings. The molecular formula is C11H7BrClFN2OS. The van der Waals surface area contributed by atoms with Crippen LogP contribution < -0.4 is 11.1 Å². The fraction of sp³-hybridized carbons (Fsp3) is 0. The van der Waals surface area contributed by atoms with Crippen LogP contribution in [0.25, 0.3) is 0 Å². The predicted molar refractivity (Wildman–Crippen MR) is 75.8 cm³/mol. The average Bonchev–Trinajstić information content (AvgIpc) is 2.69. The third-order valence-electron chi connectivity index (χ3n) is 2.15. The largest absolute Gasteiger partial charge is 0.397 e. The molecule has 7 heteroatoms. The number of carbonyl (C=O) groups excluding carboxylic acids is 1. The first-order chi connectivity index (χ1) is 8.49. The standard InChI is InChI=1S/C11H7BrClFN2OS/c12-6-3-5(14)4-7(13)9(6)16-11(17)10-8(15)1-2-18-10/h1-4H,15H2,(H,16,17). The van der Waals surface area contributed by atoms with Gasteiger partial charge in [0.05, 0.1) is 16.4 Å². The molecule has 0 aliphatic carbocycles. The fourth-order valence-corrected chi connectivity index (χ4v) is 2.95. The van der Waals surface area contributed by atoms with Crippen LogP contribution in [0, 0.1) is 5.82 Å². The van der Waals surface area contributed by atoms with Gasteiger partial charge in [-0.1, -0.05) is 11.6 Å². The quantitative estimate of drug-likeness (QED) is 0.856. The molecule has 3 N–H and O–H groups in total. The second-order valence-electron chi connectivity index (χ2n) is 3.40. The van der Waals surface area contributed by atoms with Gasteiger partial charge in [0.2, 0.25) is 0 Å². The number of carbonyl (C=O) groups is 1. The van der Waals surface area contributed by atoms with E-state index >= 15 is 0 Å². The van der Waals surface area contributed by atoms with Gasteiger partial charge in [-0.2, -0.15) is 0 Å². The van der Waals surface area contributed by atoms with E-state index < -0.39 is 5.82 Å². The summed E-state index contributed by atoms with van der Waals surface area (Å²) in [6.07, 6.45) is 0. The Morgan fingerprint density at radius 2 is 2.22 bits per heavy atom. The zero-order chi connectivity index (χ0) is 13.3. The number of nitrogens with two attached hydrogens (primary N) is 1. The maximum absolute atomic E-state index is 13.0. The maximum Gasteiger partial charge on any atom is 0.267 e. The Bertz CT molecular complexity index is 594. The van der Waals surface area contributed by atoms with Gasteiger partial charge in [0.25, 0.3) is 5.91 Å². The number of hydrogen-bond donors (Lipinski definition) is 2. The lowest BCUT2D eigenvalue weighted by molar-refractivity contribution is 0.103. The fourth-order valence-electron chi connectivity index (χ4n) is 1.34. The van der Waals surface area contributed by atoms with Crippen LogP contribution in [0.5, 0.6) is 0 Å². The minimum absolute atomic E-state index is 0.116. The second kappa shape index (κ2) is 5.26. The summed E-state index contributed by atoms with van der Waals surface area (Å²) in [5.41, 5.74) is 6.35. The zero-order valence-electron chi connectivity index (χ0n) is 8.84. The summed E-state index contributed by atoms with van der Waals surface area (Å²) in [5, 5.41) is 4.42. The van der Waals surface area contributed by atoms with Gasteiger partial charge in [-0.05, 0) is 39.5 Å². The number of halogens is 3. The minimum atomic E-state index is -0.486. The molecule has 0 aliphatic rings. The van der Waals surface area contributed by atoms with Crippen molar-refractivity contribution < 1.29 is 9.18 Å². The smallest absolute Gasteiger partial charge is 0.267 e. The van der Waals surface area contributed by atoms with Gasteiger partial charge in [-0.25, -0.2) is 4.39 Å². The summed E-state index contributed by atoms with van der Waals surface area (Å²) < 4.78 is 13.4. The van der Waals surface area contributed by atoms with E-state index in [-0.39, 0.29) is 10.9 Å². The number of benzene rings is 1. The van der Waals surface area contributed by atoms with E-state index in [2.05, 4.69) is 21.2 Å². The summed E-state index contributed by atoms with van der Waals surface area (Å²) in [7, 11) is 0. The molecule has 0 spiro atoms. The van der Waals surface area contributed by atoms with Crippen LogP contribution >= 0.6 is 38.9 Å². The van der Waals surface area contributed by atoms with Crippen LogP contribution in [0.1, 0.15) is 9.67 Å². The Morgan fingerprint density at radius 3 is 2.78 bits per heavy atom. The third kappa shape index (κ3) is 2.66. The molecule has 18 heavy (non-hydrogen) atoms.